The zero-order valence-corrected chi connectivity index (χ0v) is 16.4. The Morgan fingerprint density at radius 3 is 1.29 bits per heavy atom. The van der Waals surface area contributed by atoms with E-state index in [1.807, 2.05) is 72.8 Å². The highest BCUT2D eigenvalue weighted by Crippen LogP contribution is 2.56. The van der Waals surface area contributed by atoms with Gasteiger partial charge in [0.2, 0.25) is 0 Å². The Kier molecular flexibility index (Phi) is 4.22. The summed E-state index contributed by atoms with van der Waals surface area (Å²) in [5.41, 5.74) is 4.95. The third-order valence-corrected chi connectivity index (χ3v) is 6.04. The van der Waals surface area contributed by atoms with Gasteiger partial charge in [0.05, 0.1) is 16.5 Å². The van der Waals surface area contributed by atoms with Gasteiger partial charge in [-0.1, -0.05) is 72.8 Å². The highest BCUT2D eigenvalue weighted by molar-refractivity contribution is 5.95. The van der Waals surface area contributed by atoms with Gasteiger partial charge in [-0.15, -0.1) is 0 Å². The van der Waals surface area contributed by atoms with Gasteiger partial charge in [0.25, 0.3) is 0 Å². The summed E-state index contributed by atoms with van der Waals surface area (Å²) in [6.07, 6.45) is 0. The van der Waals surface area contributed by atoms with Crippen molar-refractivity contribution in [2.45, 2.75) is 5.41 Å². The number of fused-ring (bicyclic) bond motifs is 3. The van der Waals surface area contributed by atoms with Gasteiger partial charge < -0.3 is 10.2 Å². The minimum absolute atomic E-state index is 0.196. The maximum atomic E-state index is 11.8. The number of carboxylic acids is 2. The molecule has 4 aromatic carbocycles. The van der Waals surface area contributed by atoms with Crippen molar-refractivity contribution >= 4 is 11.9 Å². The van der Waals surface area contributed by atoms with Crippen molar-refractivity contribution in [1.82, 2.24) is 0 Å². The number of carbonyl (C=O) groups is 2. The molecule has 0 heterocycles. The molecule has 2 N–H and O–H groups in total. The van der Waals surface area contributed by atoms with E-state index in [4.69, 9.17) is 0 Å². The number of carboxylic acid groups (broad SMARTS) is 2. The smallest absolute Gasteiger partial charge is 0.335 e. The molecular formula is C27H18O4. The van der Waals surface area contributed by atoms with Gasteiger partial charge >= 0.3 is 11.9 Å². The van der Waals surface area contributed by atoms with E-state index in [1.165, 1.54) is 0 Å². The summed E-state index contributed by atoms with van der Waals surface area (Å²) in [7, 11) is 0. The molecule has 5 rings (SSSR count). The summed E-state index contributed by atoms with van der Waals surface area (Å²) in [6, 6.07) is 30.0. The van der Waals surface area contributed by atoms with Gasteiger partial charge in [-0.2, -0.15) is 0 Å². The van der Waals surface area contributed by atoms with Crippen molar-refractivity contribution in [2.24, 2.45) is 0 Å². The number of hydrogen-bond acceptors (Lipinski definition) is 2. The summed E-state index contributed by atoms with van der Waals surface area (Å²) in [5.74, 6) is -2.00. The monoisotopic (exact) mass is 406 g/mol. The third kappa shape index (κ3) is 2.69. The van der Waals surface area contributed by atoms with Gasteiger partial charge in [0.15, 0.2) is 0 Å². The molecule has 31 heavy (non-hydrogen) atoms. The molecule has 1 aliphatic rings. The molecule has 0 aromatic heterocycles. The largest absolute Gasteiger partial charge is 0.478 e. The Morgan fingerprint density at radius 2 is 0.935 bits per heavy atom. The van der Waals surface area contributed by atoms with Crippen LogP contribution in [0.3, 0.4) is 0 Å². The molecule has 0 fully saturated rings. The van der Waals surface area contributed by atoms with Crippen LogP contribution in [0.4, 0.5) is 0 Å². The van der Waals surface area contributed by atoms with Gasteiger partial charge in [-0.25, -0.2) is 9.59 Å². The molecular weight excluding hydrogens is 388 g/mol. The van der Waals surface area contributed by atoms with Crippen LogP contribution in [0.5, 0.6) is 0 Å². The van der Waals surface area contributed by atoms with E-state index in [0.29, 0.717) is 0 Å². The average Bonchev–Trinajstić information content (AvgIpc) is 3.10. The molecule has 0 saturated heterocycles. The van der Waals surface area contributed by atoms with Crippen molar-refractivity contribution in [3.05, 3.63) is 130 Å². The predicted octanol–water partition coefficient (Wildman–Crippen LogP) is 5.45. The first kappa shape index (κ1) is 18.8. The van der Waals surface area contributed by atoms with Crippen molar-refractivity contribution in [1.29, 1.82) is 0 Å². The van der Waals surface area contributed by atoms with Crippen molar-refractivity contribution in [3.63, 3.8) is 0 Å². The molecule has 4 nitrogen and oxygen atoms in total. The van der Waals surface area contributed by atoms with Crippen LogP contribution in [0.15, 0.2) is 97.1 Å². The highest BCUT2D eigenvalue weighted by atomic mass is 16.4. The van der Waals surface area contributed by atoms with E-state index < -0.39 is 17.4 Å². The van der Waals surface area contributed by atoms with E-state index in [9.17, 15) is 19.8 Å². The molecule has 4 heteroatoms. The zero-order chi connectivity index (χ0) is 21.6. The van der Waals surface area contributed by atoms with Gasteiger partial charge in [0, 0.05) is 0 Å². The zero-order valence-electron chi connectivity index (χ0n) is 16.4. The summed E-state index contributed by atoms with van der Waals surface area (Å²) >= 11 is 0. The lowest BCUT2D eigenvalue weighted by Crippen LogP contribution is -2.29. The molecule has 0 bridgehead atoms. The fourth-order valence-corrected chi connectivity index (χ4v) is 4.75. The van der Waals surface area contributed by atoms with E-state index in [-0.39, 0.29) is 11.1 Å². The number of aromatic carboxylic acids is 2. The minimum Gasteiger partial charge on any atom is -0.478 e. The van der Waals surface area contributed by atoms with Crippen molar-refractivity contribution in [3.8, 4) is 11.1 Å². The Morgan fingerprint density at radius 1 is 0.548 bits per heavy atom. The summed E-state index contributed by atoms with van der Waals surface area (Å²) in [6.45, 7) is 0. The summed E-state index contributed by atoms with van der Waals surface area (Å²) < 4.78 is 0. The second-order valence-electron chi connectivity index (χ2n) is 7.61. The van der Waals surface area contributed by atoms with Crippen molar-refractivity contribution < 1.29 is 19.8 Å². The fourth-order valence-electron chi connectivity index (χ4n) is 4.75. The van der Waals surface area contributed by atoms with Crippen molar-refractivity contribution in [2.75, 3.05) is 0 Å². The van der Waals surface area contributed by atoms with Crippen LogP contribution in [-0.2, 0) is 5.41 Å². The number of benzene rings is 4. The molecule has 1 aliphatic carbocycles. The molecule has 0 aliphatic heterocycles. The van der Waals surface area contributed by atoms with E-state index in [1.54, 1.807) is 24.3 Å². The first-order valence-electron chi connectivity index (χ1n) is 9.90. The summed E-state index contributed by atoms with van der Waals surface area (Å²) in [5, 5.41) is 19.4. The second kappa shape index (κ2) is 6.96. The molecule has 0 unspecified atom stereocenters. The van der Waals surface area contributed by atoms with E-state index >= 15 is 0 Å². The first-order valence-corrected chi connectivity index (χ1v) is 9.90. The molecule has 4 aromatic rings. The van der Waals surface area contributed by atoms with Crippen LogP contribution < -0.4 is 0 Å². The quantitative estimate of drug-likeness (QED) is 0.416. The first-order chi connectivity index (χ1) is 15.0. The van der Waals surface area contributed by atoms with Crippen LogP contribution in [0.2, 0.25) is 0 Å². The minimum atomic E-state index is -1.000. The predicted molar refractivity (Wildman–Crippen MR) is 118 cm³/mol. The molecule has 0 atom stereocenters. The normalized spacial score (nSPS) is 13.3. The fraction of sp³-hybridized carbons (Fsp3) is 0.0370. The maximum Gasteiger partial charge on any atom is 0.335 e. The lowest BCUT2D eigenvalue weighted by atomic mass is 9.67. The van der Waals surface area contributed by atoms with E-state index in [0.717, 1.165) is 33.4 Å². The Balaban J connectivity index is 1.98. The Hall–Kier alpha value is -4.18. The van der Waals surface area contributed by atoms with Crippen LogP contribution >= 0.6 is 0 Å². The molecule has 0 spiro atoms. The number of hydrogen-bond donors (Lipinski definition) is 2. The summed E-state index contributed by atoms with van der Waals surface area (Å²) in [4.78, 5) is 23.6. The number of rotatable bonds is 4. The maximum absolute atomic E-state index is 11.8. The molecule has 0 amide bonds. The Bertz CT molecular complexity index is 1220. The second-order valence-corrected chi connectivity index (χ2v) is 7.61. The van der Waals surface area contributed by atoms with E-state index in [2.05, 4.69) is 0 Å². The SMILES string of the molecule is O=C(O)c1ccc2c(c1)C(c1ccccc1)(c1ccccc1)c1cc(C(=O)O)ccc1-2. The lowest BCUT2D eigenvalue weighted by Gasteiger charge is -2.34. The molecule has 0 radical (unpaired) electrons. The highest BCUT2D eigenvalue weighted by Gasteiger charge is 2.46. The van der Waals surface area contributed by atoms with Crippen LogP contribution in [0.1, 0.15) is 43.0 Å². The Labute approximate surface area is 179 Å². The van der Waals surface area contributed by atoms with Crippen LogP contribution in [0, 0.1) is 0 Å². The van der Waals surface area contributed by atoms with Gasteiger partial charge in [-0.3, -0.25) is 0 Å². The third-order valence-electron chi connectivity index (χ3n) is 6.04. The molecule has 150 valence electrons. The molecule has 0 saturated carbocycles. The topological polar surface area (TPSA) is 74.6 Å². The van der Waals surface area contributed by atoms with Crippen LogP contribution in [-0.4, -0.2) is 22.2 Å². The van der Waals surface area contributed by atoms with Gasteiger partial charge in [0.1, 0.15) is 0 Å². The van der Waals surface area contributed by atoms with Gasteiger partial charge in [-0.05, 0) is 57.6 Å². The lowest BCUT2D eigenvalue weighted by molar-refractivity contribution is 0.0686. The standard InChI is InChI=1S/C27H18O4/c28-25(29)17-11-13-21-22-14-12-18(26(30)31)16-24(22)27(23(21)15-17,19-7-3-1-4-8-19)20-9-5-2-6-10-20/h1-16H,(H,28,29)(H,30,31). The average molecular weight is 406 g/mol. The van der Waals surface area contributed by atoms with Crippen LogP contribution in [0.25, 0.3) is 11.1 Å².